The molecule has 0 spiro atoms. The third-order valence-corrected chi connectivity index (χ3v) is 4.62. The second-order valence-electron chi connectivity index (χ2n) is 5.88. The third-order valence-electron chi connectivity index (χ3n) is 4.62. The van der Waals surface area contributed by atoms with E-state index in [4.69, 9.17) is 0 Å². The van der Waals surface area contributed by atoms with Gasteiger partial charge >= 0.3 is 5.97 Å². The van der Waals surface area contributed by atoms with Gasteiger partial charge in [0.1, 0.15) is 5.54 Å². The van der Waals surface area contributed by atoms with Crippen molar-refractivity contribution in [3.05, 3.63) is 30.0 Å². The van der Waals surface area contributed by atoms with Gasteiger partial charge in [0.25, 0.3) is 0 Å². The van der Waals surface area contributed by atoms with Gasteiger partial charge in [0.05, 0.1) is 11.2 Å². The van der Waals surface area contributed by atoms with Gasteiger partial charge in [-0.15, -0.1) is 0 Å². The second-order valence-corrected chi connectivity index (χ2v) is 5.88. The van der Waals surface area contributed by atoms with Gasteiger partial charge in [0.15, 0.2) is 0 Å². The first-order valence-corrected chi connectivity index (χ1v) is 7.49. The van der Waals surface area contributed by atoms with Crippen molar-refractivity contribution >= 4 is 16.9 Å². The van der Waals surface area contributed by atoms with Crippen LogP contribution >= 0.6 is 0 Å². The maximum Gasteiger partial charge on any atom is 0.323 e. The number of carbonyl (C=O) groups is 1. The van der Waals surface area contributed by atoms with Crippen LogP contribution in [0, 0.1) is 0 Å². The molecule has 2 heterocycles. The molecule has 5 heteroatoms. The van der Waals surface area contributed by atoms with Crippen LogP contribution in [0.15, 0.2) is 24.3 Å². The molecule has 3 rings (SSSR count). The van der Waals surface area contributed by atoms with Crippen LogP contribution < -0.4 is 0 Å². The predicted molar refractivity (Wildman–Crippen MR) is 81.1 cm³/mol. The highest BCUT2D eigenvalue weighted by atomic mass is 16.4. The van der Waals surface area contributed by atoms with E-state index >= 15 is 0 Å². The van der Waals surface area contributed by atoms with Crippen LogP contribution in [0.25, 0.3) is 10.9 Å². The number of nitrogens with zero attached hydrogens (tertiary/aromatic N) is 3. The van der Waals surface area contributed by atoms with Crippen LogP contribution in [0.3, 0.4) is 0 Å². The van der Waals surface area contributed by atoms with E-state index in [0.29, 0.717) is 13.0 Å². The van der Waals surface area contributed by atoms with Crippen molar-refractivity contribution in [1.29, 1.82) is 0 Å². The molecule has 1 saturated heterocycles. The van der Waals surface area contributed by atoms with Crippen LogP contribution in [-0.4, -0.2) is 37.8 Å². The van der Waals surface area contributed by atoms with Crippen LogP contribution in [0.1, 0.15) is 32.4 Å². The summed E-state index contributed by atoms with van der Waals surface area (Å²) in [6.45, 7) is 6.12. The maximum absolute atomic E-state index is 11.6. The molecular weight excluding hydrogens is 266 g/mol. The first kappa shape index (κ1) is 14.1. The monoisotopic (exact) mass is 287 g/mol. The fraction of sp³-hybridized carbons (Fsp3) is 0.500. The Morgan fingerprint density at radius 3 is 2.90 bits per heavy atom. The molecule has 1 N–H and O–H groups in total. The van der Waals surface area contributed by atoms with Crippen molar-refractivity contribution in [2.75, 3.05) is 6.54 Å². The maximum atomic E-state index is 11.6. The number of likely N-dealkylation sites (tertiary alicyclic amines) is 1. The number of aliphatic carboxylic acids is 1. The van der Waals surface area contributed by atoms with Gasteiger partial charge in [0.2, 0.25) is 0 Å². The molecule has 0 aliphatic carbocycles. The molecule has 0 radical (unpaired) electrons. The number of hydrogen-bond acceptors (Lipinski definition) is 3. The minimum Gasteiger partial charge on any atom is -0.480 e. The van der Waals surface area contributed by atoms with Crippen LogP contribution in [-0.2, 0) is 17.9 Å². The van der Waals surface area contributed by atoms with Crippen LogP contribution in [0.2, 0.25) is 0 Å². The van der Waals surface area contributed by atoms with Crippen LogP contribution in [0.5, 0.6) is 0 Å². The van der Waals surface area contributed by atoms with Gasteiger partial charge in [-0.1, -0.05) is 18.2 Å². The van der Waals surface area contributed by atoms with Gasteiger partial charge in [0, 0.05) is 18.5 Å². The SMILES string of the molecule is CCn1nc(CN2CCCC2(C)C(=O)O)c2ccccc21. The van der Waals surface area contributed by atoms with Gasteiger partial charge < -0.3 is 5.11 Å². The van der Waals surface area contributed by atoms with E-state index in [-0.39, 0.29) is 0 Å². The lowest BCUT2D eigenvalue weighted by atomic mass is 9.99. The zero-order valence-electron chi connectivity index (χ0n) is 12.5. The summed E-state index contributed by atoms with van der Waals surface area (Å²) in [4.78, 5) is 13.6. The summed E-state index contributed by atoms with van der Waals surface area (Å²) in [6, 6.07) is 8.15. The quantitative estimate of drug-likeness (QED) is 0.938. The predicted octanol–water partition coefficient (Wildman–Crippen LogP) is 2.50. The molecule has 1 fully saturated rings. The summed E-state index contributed by atoms with van der Waals surface area (Å²) in [7, 11) is 0. The number of para-hydroxylation sites is 1. The molecule has 1 atom stereocenters. The fourth-order valence-electron chi connectivity index (χ4n) is 3.25. The molecule has 1 aliphatic heterocycles. The summed E-state index contributed by atoms with van der Waals surface area (Å²) in [5.41, 5.74) is 1.32. The Bertz CT molecular complexity index is 679. The standard InChI is InChI=1S/C16H21N3O2/c1-3-19-14-8-5-4-7-12(14)13(17-19)11-18-10-6-9-16(18,2)15(20)21/h4-5,7-8H,3,6,9-11H2,1-2H3,(H,20,21). The van der Waals surface area contributed by atoms with Gasteiger partial charge in [-0.05, 0) is 39.3 Å². The third kappa shape index (κ3) is 2.21. The van der Waals surface area contributed by atoms with E-state index in [1.54, 1.807) is 0 Å². The molecule has 0 amide bonds. The molecule has 5 nitrogen and oxygen atoms in total. The average Bonchev–Trinajstić information content (AvgIpc) is 3.02. The summed E-state index contributed by atoms with van der Waals surface area (Å²) < 4.78 is 1.98. The van der Waals surface area contributed by atoms with E-state index in [1.807, 2.05) is 28.6 Å². The molecule has 1 unspecified atom stereocenters. The fourth-order valence-corrected chi connectivity index (χ4v) is 3.25. The molecule has 0 bridgehead atoms. The number of carboxylic acid groups (broad SMARTS) is 1. The summed E-state index contributed by atoms with van der Waals surface area (Å²) in [6.07, 6.45) is 1.63. The molecule has 112 valence electrons. The molecule has 21 heavy (non-hydrogen) atoms. The minimum absolute atomic E-state index is 0.594. The van der Waals surface area contributed by atoms with Crippen molar-refractivity contribution in [3.8, 4) is 0 Å². The zero-order chi connectivity index (χ0) is 15.0. The zero-order valence-corrected chi connectivity index (χ0v) is 12.5. The van der Waals surface area contributed by atoms with Crippen molar-refractivity contribution in [2.45, 2.75) is 45.3 Å². The lowest BCUT2D eigenvalue weighted by Crippen LogP contribution is -2.47. The van der Waals surface area contributed by atoms with E-state index in [9.17, 15) is 9.90 Å². The van der Waals surface area contributed by atoms with E-state index < -0.39 is 11.5 Å². The highest BCUT2D eigenvalue weighted by Crippen LogP contribution is 2.32. The molecule has 1 aromatic heterocycles. The molecule has 1 aliphatic rings. The Morgan fingerprint density at radius 2 is 2.19 bits per heavy atom. The van der Waals surface area contributed by atoms with Gasteiger partial charge in [-0.3, -0.25) is 14.4 Å². The number of carboxylic acids is 1. The largest absolute Gasteiger partial charge is 0.480 e. The first-order valence-electron chi connectivity index (χ1n) is 7.49. The highest BCUT2D eigenvalue weighted by molar-refractivity contribution is 5.82. The first-order chi connectivity index (χ1) is 10.1. The number of rotatable bonds is 4. The number of benzene rings is 1. The van der Waals surface area contributed by atoms with Crippen LogP contribution in [0.4, 0.5) is 0 Å². The Hall–Kier alpha value is -1.88. The minimum atomic E-state index is -0.767. The average molecular weight is 287 g/mol. The Morgan fingerprint density at radius 1 is 1.43 bits per heavy atom. The Kier molecular flexibility index (Phi) is 3.45. The summed E-state index contributed by atoms with van der Waals surface area (Å²) >= 11 is 0. The van der Waals surface area contributed by atoms with E-state index in [0.717, 1.165) is 36.1 Å². The smallest absolute Gasteiger partial charge is 0.323 e. The van der Waals surface area contributed by atoms with E-state index in [1.165, 1.54) is 0 Å². The Labute approximate surface area is 124 Å². The molecular formula is C16H21N3O2. The van der Waals surface area contributed by atoms with Crippen molar-refractivity contribution < 1.29 is 9.90 Å². The molecule has 0 saturated carbocycles. The highest BCUT2D eigenvalue weighted by Gasteiger charge is 2.43. The summed E-state index contributed by atoms with van der Waals surface area (Å²) in [5.74, 6) is -0.737. The molecule has 2 aromatic rings. The number of hydrogen-bond donors (Lipinski definition) is 1. The molecule has 1 aromatic carbocycles. The Balaban J connectivity index is 1.97. The lowest BCUT2D eigenvalue weighted by Gasteiger charge is -2.30. The van der Waals surface area contributed by atoms with Crippen molar-refractivity contribution in [3.63, 3.8) is 0 Å². The number of fused-ring (bicyclic) bond motifs is 1. The topological polar surface area (TPSA) is 58.4 Å². The number of aryl methyl sites for hydroxylation is 1. The van der Waals surface area contributed by atoms with Crippen molar-refractivity contribution in [2.24, 2.45) is 0 Å². The normalized spacial score (nSPS) is 23.0. The van der Waals surface area contributed by atoms with Crippen molar-refractivity contribution in [1.82, 2.24) is 14.7 Å². The second kappa shape index (κ2) is 5.15. The van der Waals surface area contributed by atoms with Gasteiger partial charge in [-0.2, -0.15) is 5.10 Å². The summed E-state index contributed by atoms with van der Waals surface area (Å²) in [5, 5.41) is 15.3. The van der Waals surface area contributed by atoms with Gasteiger partial charge in [-0.25, -0.2) is 0 Å². The number of aromatic nitrogens is 2. The van der Waals surface area contributed by atoms with E-state index in [2.05, 4.69) is 24.2 Å². The lowest BCUT2D eigenvalue weighted by molar-refractivity contribution is -0.148.